The Morgan fingerprint density at radius 2 is 1.62 bits per heavy atom. The molecule has 0 radical (unpaired) electrons. The molecular weight excluding hydrogens is 260 g/mol. The highest BCUT2D eigenvalue weighted by molar-refractivity contribution is 5.34. The Labute approximate surface area is 127 Å². The molecule has 0 fully saturated rings. The summed E-state index contributed by atoms with van der Waals surface area (Å²) in [6.07, 6.45) is 1.31. The van der Waals surface area contributed by atoms with Gasteiger partial charge in [-0.25, -0.2) is 0 Å². The Hall–Kier alpha value is -1.80. The molecule has 0 aliphatic carbocycles. The predicted octanol–water partition coefficient (Wildman–Crippen LogP) is 5.34. The summed E-state index contributed by atoms with van der Waals surface area (Å²) in [4.78, 5) is 0. The summed E-state index contributed by atoms with van der Waals surface area (Å²) in [7, 11) is 0. The third kappa shape index (κ3) is 5.24. The Kier molecular flexibility index (Phi) is 5.03. The van der Waals surface area contributed by atoms with Crippen LogP contribution in [-0.2, 0) is 0 Å². The highest BCUT2D eigenvalue weighted by Crippen LogP contribution is 2.29. The molecule has 0 spiro atoms. The quantitative estimate of drug-likeness (QED) is 0.803. The van der Waals surface area contributed by atoms with E-state index in [-0.39, 0.29) is 5.41 Å². The zero-order valence-corrected chi connectivity index (χ0v) is 13.0. The van der Waals surface area contributed by atoms with E-state index in [9.17, 15) is 5.11 Å². The van der Waals surface area contributed by atoms with E-state index >= 15 is 0 Å². The van der Waals surface area contributed by atoms with Crippen LogP contribution in [0.3, 0.4) is 0 Å². The van der Waals surface area contributed by atoms with E-state index in [2.05, 4.69) is 20.8 Å². The van der Waals surface area contributed by atoms with Gasteiger partial charge in [-0.05, 0) is 48.1 Å². The van der Waals surface area contributed by atoms with E-state index < -0.39 is 6.10 Å². The van der Waals surface area contributed by atoms with Crippen molar-refractivity contribution in [2.24, 2.45) is 5.41 Å². The van der Waals surface area contributed by atoms with Crippen LogP contribution in [0.4, 0.5) is 0 Å². The Morgan fingerprint density at radius 1 is 0.952 bits per heavy atom. The second-order valence-corrected chi connectivity index (χ2v) is 6.60. The number of aliphatic hydroxyl groups excluding tert-OH is 1. The molecule has 0 aliphatic rings. The predicted molar refractivity (Wildman–Crippen MR) is 86.6 cm³/mol. The van der Waals surface area contributed by atoms with Gasteiger partial charge in [0.2, 0.25) is 0 Å². The molecule has 1 N–H and O–H groups in total. The van der Waals surface area contributed by atoms with E-state index in [0.717, 1.165) is 29.9 Å². The normalized spacial score (nSPS) is 13.0. The van der Waals surface area contributed by atoms with Crippen LogP contribution in [-0.4, -0.2) is 5.11 Å². The van der Waals surface area contributed by atoms with Gasteiger partial charge in [0.05, 0.1) is 6.10 Å². The van der Waals surface area contributed by atoms with E-state index in [1.54, 1.807) is 0 Å². The van der Waals surface area contributed by atoms with Gasteiger partial charge in [-0.1, -0.05) is 51.1 Å². The standard InChI is InChI=1S/C19H24O2/c1-19(2,3)13-12-18(20)15-8-7-11-17(14-15)21-16-9-5-4-6-10-16/h4-11,14,18,20H,12-13H2,1-3H3. The molecule has 0 aromatic heterocycles. The van der Waals surface area contributed by atoms with E-state index in [1.807, 2.05) is 54.6 Å². The van der Waals surface area contributed by atoms with Gasteiger partial charge in [0.15, 0.2) is 0 Å². The first-order valence-electron chi connectivity index (χ1n) is 7.45. The molecular formula is C19H24O2. The molecule has 0 amide bonds. The number of aliphatic hydroxyl groups is 1. The molecule has 2 rings (SSSR count). The number of rotatable bonds is 5. The smallest absolute Gasteiger partial charge is 0.127 e. The molecule has 0 heterocycles. The van der Waals surface area contributed by atoms with Crippen molar-refractivity contribution in [2.75, 3.05) is 0 Å². The maximum Gasteiger partial charge on any atom is 0.127 e. The highest BCUT2D eigenvalue weighted by atomic mass is 16.5. The monoisotopic (exact) mass is 284 g/mol. The molecule has 2 heteroatoms. The van der Waals surface area contributed by atoms with Gasteiger partial charge in [-0.3, -0.25) is 0 Å². The lowest BCUT2D eigenvalue weighted by Crippen LogP contribution is -2.08. The molecule has 0 bridgehead atoms. The first-order chi connectivity index (χ1) is 9.94. The fourth-order valence-electron chi connectivity index (χ4n) is 2.15. The Balaban J connectivity index is 2.03. The SMILES string of the molecule is CC(C)(C)CCC(O)c1cccc(Oc2ccccc2)c1. The summed E-state index contributed by atoms with van der Waals surface area (Å²) in [6.45, 7) is 6.57. The molecule has 2 aromatic carbocycles. The molecule has 0 saturated carbocycles. The number of ether oxygens (including phenoxy) is 1. The average molecular weight is 284 g/mol. The molecule has 21 heavy (non-hydrogen) atoms. The van der Waals surface area contributed by atoms with Crippen LogP contribution in [0.1, 0.15) is 45.3 Å². The van der Waals surface area contributed by atoms with Crippen LogP contribution < -0.4 is 4.74 Å². The lowest BCUT2D eigenvalue weighted by atomic mass is 9.88. The van der Waals surface area contributed by atoms with Crippen LogP contribution in [0.25, 0.3) is 0 Å². The summed E-state index contributed by atoms with van der Waals surface area (Å²) in [5.41, 5.74) is 1.15. The van der Waals surface area contributed by atoms with E-state index in [4.69, 9.17) is 4.74 Å². The molecule has 112 valence electrons. The lowest BCUT2D eigenvalue weighted by molar-refractivity contribution is 0.147. The topological polar surface area (TPSA) is 29.5 Å². The maximum absolute atomic E-state index is 10.3. The summed E-state index contributed by atoms with van der Waals surface area (Å²) in [6, 6.07) is 17.4. The van der Waals surface area contributed by atoms with Gasteiger partial charge in [0.1, 0.15) is 11.5 Å². The molecule has 0 saturated heterocycles. The fourth-order valence-corrected chi connectivity index (χ4v) is 2.15. The second kappa shape index (κ2) is 6.77. The van der Waals surface area contributed by atoms with Crippen molar-refractivity contribution in [1.82, 2.24) is 0 Å². The average Bonchev–Trinajstić information content (AvgIpc) is 2.45. The van der Waals surface area contributed by atoms with Crippen molar-refractivity contribution < 1.29 is 9.84 Å². The van der Waals surface area contributed by atoms with Gasteiger partial charge in [-0.15, -0.1) is 0 Å². The minimum Gasteiger partial charge on any atom is -0.457 e. The first-order valence-corrected chi connectivity index (χ1v) is 7.45. The molecule has 2 aromatic rings. The third-order valence-corrected chi connectivity index (χ3v) is 3.39. The Bertz CT molecular complexity index is 555. The van der Waals surface area contributed by atoms with Crippen LogP contribution >= 0.6 is 0 Å². The molecule has 0 aliphatic heterocycles. The molecule has 1 atom stereocenters. The van der Waals surface area contributed by atoms with Crippen molar-refractivity contribution in [2.45, 2.75) is 39.7 Å². The fraction of sp³-hybridized carbons (Fsp3) is 0.368. The van der Waals surface area contributed by atoms with Crippen molar-refractivity contribution in [3.05, 3.63) is 60.2 Å². The van der Waals surface area contributed by atoms with Gasteiger partial charge in [0.25, 0.3) is 0 Å². The van der Waals surface area contributed by atoms with Gasteiger partial charge in [-0.2, -0.15) is 0 Å². The van der Waals surface area contributed by atoms with Crippen molar-refractivity contribution >= 4 is 0 Å². The van der Waals surface area contributed by atoms with Crippen LogP contribution in [0, 0.1) is 5.41 Å². The summed E-state index contributed by atoms with van der Waals surface area (Å²) >= 11 is 0. The zero-order chi connectivity index (χ0) is 15.3. The van der Waals surface area contributed by atoms with Gasteiger partial charge < -0.3 is 9.84 Å². The molecule has 2 nitrogen and oxygen atoms in total. The Morgan fingerprint density at radius 3 is 2.29 bits per heavy atom. The van der Waals surface area contributed by atoms with E-state index in [1.165, 1.54) is 0 Å². The van der Waals surface area contributed by atoms with E-state index in [0.29, 0.717) is 0 Å². The van der Waals surface area contributed by atoms with Gasteiger partial charge >= 0.3 is 0 Å². The van der Waals surface area contributed by atoms with Crippen LogP contribution in [0.15, 0.2) is 54.6 Å². The minimum atomic E-state index is -0.441. The lowest BCUT2D eigenvalue weighted by Gasteiger charge is -2.20. The zero-order valence-electron chi connectivity index (χ0n) is 13.0. The number of hydrogen-bond acceptors (Lipinski definition) is 2. The summed E-state index contributed by atoms with van der Waals surface area (Å²) < 4.78 is 5.80. The first kappa shape index (κ1) is 15.6. The van der Waals surface area contributed by atoms with Crippen molar-refractivity contribution in [3.8, 4) is 11.5 Å². The van der Waals surface area contributed by atoms with Crippen molar-refractivity contribution in [1.29, 1.82) is 0 Å². The van der Waals surface area contributed by atoms with Crippen LogP contribution in [0.5, 0.6) is 11.5 Å². The highest BCUT2D eigenvalue weighted by Gasteiger charge is 2.15. The minimum absolute atomic E-state index is 0.235. The molecule has 1 unspecified atom stereocenters. The summed E-state index contributed by atoms with van der Waals surface area (Å²) in [5, 5.41) is 10.3. The summed E-state index contributed by atoms with van der Waals surface area (Å²) in [5.74, 6) is 1.56. The maximum atomic E-state index is 10.3. The van der Waals surface area contributed by atoms with Gasteiger partial charge in [0, 0.05) is 0 Å². The number of para-hydroxylation sites is 1. The number of hydrogen-bond donors (Lipinski definition) is 1. The third-order valence-electron chi connectivity index (χ3n) is 3.39. The second-order valence-electron chi connectivity index (χ2n) is 6.60. The van der Waals surface area contributed by atoms with Crippen molar-refractivity contribution in [3.63, 3.8) is 0 Å². The van der Waals surface area contributed by atoms with Crippen LogP contribution in [0.2, 0.25) is 0 Å². The number of benzene rings is 2. The largest absolute Gasteiger partial charge is 0.457 e.